The van der Waals surface area contributed by atoms with Crippen LogP contribution in [0.25, 0.3) is 6.08 Å². The van der Waals surface area contributed by atoms with Crippen LogP contribution in [0.3, 0.4) is 0 Å². The SMILES string of the molecule is O=C(O)/C=C/c1cccc(Cl)c1OCC(F)(F)F. The van der Waals surface area contributed by atoms with Crippen LogP contribution in [0.2, 0.25) is 5.02 Å². The Morgan fingerprint density at radius 3 is 2.67 bits per heavy atom. The number of carboxylic acids is 1. The van der Waals surface area contributed by atoms with E-state index >= 15 is 0 Å². The second-order valence-corrected chi connectivity index (χ2v) is 3.64. The van der Waals surface area contributed by atoms with E-state index in [4.69, 9.17) is 16.7 Å². The van der Waals surface area contributed by atoms with Crippen LogP contribution in [0.5, 0.6) is 5.75 Å². The normalized spacial score (nSPS) is 11.8. The summed E-state index contributed by atoms with van der Waals surface area (Å²) < 4.78 is 40.7. The summed E-state index contributed by atoms with van der Waals surface area (Å²) in [7, 11) is 0. The number of hydrogen-bond donors (Lipinski definition) is 1. The first-order valence-corrected chi connectivity index (χ1v) is 5.06. The monoisotopic (exact) mass is 280 g/mol. The number of alkyl halides is 3. The van der Waals surface area contributed by atoms with E-state index in [1.54, 1.807) is 0 Å². The Labute approximate surface area is 105 Å². The molecule has 0 aliphatic rings. The largest absolute Gasteiger partial charge is 0.482 e. The van der Waals surface area contributed by atoms with Gasteiger partial charge in [-0.3, -0.25) is 0 Å². The lowest BCUT2D eigenvalue weighted by Gasteiger charge is -2.12. The minimum atomic E-state index is -4.49. The van der Waals surface area contributed by atoms with E-state index in [-0.39, 0.29) is 16.3 Å². The van der Waals surface area contributed by atoms with Gasteiger partial charge in [-0.15, -0.1) is 0 Å². The average Bonchev–Trinajstić information content (AvgIpc) is 2.23. The number of halogens is 4. The molecule has 3 nitrogen and oxygen atoms in total. The summed E-state index contributed by atoms with van der Waals surface area (Å²) in [6.07, 6.45) is -2.60. The molecule has 0 heterocycles. The van der Waals surface area contributed by atoms with Crippen LogP contribution in [-0.2, 0) is 4.79 Å². The van der Waals surface area contributed by atoms with Crippen molar-refractivity contribution in [2.24, 2.45) is 0 Å². The van der Waals surface area contributed by atoms with Crippen molar-refractivity contribution in [2.75, 3.05) is 6.61 Å². The Hall–Kier alpha value is -1.69. The number of para-hydroxylation sites is 1. The van der Waals surface area contributed by atoms with E-state index in [1.807, 2.05) is 0 Å². The zero-order chi connectivity index (χ0) is 13.8. The molecule has 0 fully saturated rings. The van der Waals surface area contributed by atoms with Gasteiger partial charge in [0.2, 0.25) is 0 Å². The molecule has 7 heteroatoms. The Morgan fingerprint density at radius 1 is 1.44 bits per heavy atom. The number of rotatable bonds is 4. The molecule has 0 bridgehead atoms. The van der Waals surface area contributed by atoms with Crippen molar-refractivity contribution in [3.05, 3.63) is 34.9 Å². The molecule has 0 spiro atoms. The lowest BCUT2D eigenvalue weighted by molar-refractivity contribution is -0.153. The first-order valence-electron chi connectivity index (χ1n) is 4.68. The number of ether oxygens (including phenoxy) is 1. The molecule has 1 aromatic carbocycles. The third kappa shape index (κ3) is 4.67. The number of carbonyl (C=O) groups is 1. The quantitative estimate of drug-likeness (QED) is 0.860. The van der Waals surface area contributed by atoms with Gasteiger partial charge >= 0.3 is 12.1 Å². The highest BCUT2D eigenvalue weighted by molar-refractivity contribution is 6.32. The zero-order valence-corrected chi connectivity index (χ0v) is 9.63. The van der Waals surface area contributed by atoms with E-state index < -0.39 is 18.8 Å². The van der Waals surface area contributed by atoms with Gasteiger partial charge in [0.25, 0.3) is 0 Å². The molecule has 0 saturated heterocycles. The van der Waals surface area contributed by atoms with Crippen molar-refractivity contribution >= 4 is 23.6 Å². The Morgan fingerprint density at radius 2 is 2.11 bits per heavy atom. The molecule has 18 heavy (non-hydrogen) atoms. The summed E-state index contributed by atoms with van der Waals surface area (Å²) >= 11 is 5.70. The number of hydrogen-bond acceptors (Lipinski definition) is 2. The maximum absolute atomic E-state index is 12.0. The van der Waals surface area contributed by atoms with Crippen molar-refractivity contribution in [2.45, 2.75) is 6.18 Å². The van der Waals surface area contributed by atoms with Crippen molar-refractivity contribution in [1.82, 2.24) is 0 Å². The van der Waals surface area contributed by atoms with Crippen molar-refractivity contribution in [1.29, 1.82) is 0 Å². The highest BCUT2D eigenvalue weighted by atomic mass is 35.5. The smallest absolute Gasteiger partial charge is 0.422 e. The van der Waals surface area contributed by atoms with Crippen LogP contribution in [0.4, 0.5) is 13.2 Å². The lowest BCUT2D eigenvalue weighted by Crippen LogP contribution is -2.19. The fourth-order valence-electron chi connectivity index (χ4n) is 1.12. The molecular weight excluding hydrogens is 273 g/mol. The van der Waals surface area contributed by atoms with Crippen LogP contribution in [0, 0.1) is 0 Å². The molecule has 1 N–H and O–H groups in total. The molecule has 0 saturated carbocycles. The van der Waals surface area contributed by atoms with Gasteiger partial charge < -0.3 is 9.84 Å². The third-order valence-corrected chi connectivity index (χ3v) is 2.08. The summed E-state index contributed by atoms with van der Waals surface area (Å²) in [6.45, 7) is -1.50. The highest BCUT2D eigenvalue weighted by Gasteiger charge is 2.29. The van der Waals surface area contributed by atoms with Crippen molar-refractivity contribution in [3.63, 3.8) is 0 Å². The number of carboxylic acid groups (broad SMARTS) is 1. The van der Waals surface area contributed by atoms with Gasteiger partial charge in [0.05, 0.1) is 5.02 Å². The van der Waals surface area contributed by atoms with E-state index in [0.717, 1.165) is 12.2 Å². The minimum Gasteiger partial charge on any atom is -0.482 e. The van der Waals surface area contributed by atoms with Gasteiger partial charge in [0.1, 0.15) is 5.75 Å². The zero-order valence-electron chi connectivity index (χ0n) is 8.87. The maximum atomic E-state index is 12.0. The average molecular weight is 281 g/mol. The van der Waals surface area contributed by atoms with Crippen LogP contribution >= 0.6 is 11.6 Å². The second-order valence-electron chi connectivity index (χ2n) is 3.23. The molecule has 0 unspecified atom stereocenters. The van der Waals surface area contributed by atoms with Crippen LogP contribution in [-0.4, -0.2) is 23.9 Å². The predicted molar refractivity (Wildman–Crippen MR) is 59.7 cm³/mol. The topological polar surface area (TPSA) is 46.5 Å². The van der Waals surface area contributed by atoms with Crippen molar-refractivity contribution < 1.29 is 27.8 Å². The molecule has 98 valence electrons. The summed E-state index contributed by atoms with van der Waals surface area (Å²) in [6, 6.07) is 4.23. The second kappa shape index (κ2) is 5.77. The molecule has 0 aliphatic heterocycles. The fraction of sp³-hybridized carbons (Fsp3) is 0.182. The van der Waals surface area contributed by atoms with Gasteiger partial charge in [-0.1, -0.05) is 23.7 Å². The van der Waals surface area contributed by atoms with Gasteiger partial charge in [-0.05, 0) is 12.1 Å². The minimum absolute atomic E-state index is 0.0215. The Balaban J connectivity index is 2.97. The molecule has 0 amide bonds. The maximum Gasteiger partial charge on any atom is 0.422 e. The fourth-order valence-corrected chi connectivity index (χ4v) is 1.36. The molecular formula is C11H8ClF3O3. The van der Waals surface area contributed by atoms with Crippen LogP contribution in [0.1, 0.15) is 5.56 Å². The van der Waals surface area contributed by atoms with Gasteiger partial charge in [-0.2, -0.15) is 13.2 Å². The first-order chi connectivity index (χ1) is 8.29. The van der Waals surface area contributed by atoms with Crippen LogP contribution in [0.15, 0.2) is 24.3 Å². The molecule has 1 aromatic rings. The van der Waals surface area contributed by atoms with E-state index in [2.05, 4.69) is 4.74 Å². The molecule has 1 rings (SSSR count). The summed E-state index contributed by atoms with van der Waals surface area (Å²) in [5.74, 6) is -1.43. The molecule has 0 aromatic heterocycles. The number of benzene rings is 1. The summed E-state index contributed by atoms with van der Waals surface area (Å²) in [5.41, 5.74) is 0.161. The highest BCUT2D eigenvalue weighted by Crippen LogP contribution is 2.31. The van der Waals surface area contributed by atoms with Gasteiger partial charge in [0.15, 0.2) is 6.61 Å². The summed E-state index contributed by atoms with van der Waals surface area (Å²) in [5, 5.41) is 8.43. The molecule has 0 radical (unpaired) electrons. The Kier molecular flexibility index (Phi) is 4.61. The first kappa shape index (κ1) is 14.4. The van der Waals surface area contributed by atoms with Gasteiger partial charge in [-0.25, -0.2) is 4.79 Å². The third-order valence-electron chi connectivity index (χ3n) is 1.78. The van der Waals surface area contributed by atoms with E-state index in [0.29, 0.717) is 0 Å². The Bertz CT molecular complexity index is 469. The number of aliphatic carboxylic acids is 1. The predicted octanol–water partition coefficient (Wildman–Crippen LogP) is 3.38. The van der Waals surface area contributed by atoms with E-state index in [1.165, 1.54) is 18.2 Å². The van der Waals surface area contributed by atoms with Crippen molar-refractivity contribution in [3.8, 4) is 5.75 Å². The standard InChI is InChI=1S/C11H8ClF3O3/c12-8-3-1-2-7(4-5-9(16)17)10(8)18-6-11(13,14)15/h1-5H,6H2,(H,16,17)/b5-4+. The van der Waals surface area contributed by atoms with E-state index in [9.17, 15) is 18.0 Å². The lowest BCUT2D eigenvalue weighted by atomic mass is 10.2. The molecule has 0 atom stereocenters. The summed E-state index contributed by atoms with van der Waals surface area (Å²) in [4.78, 5) is 10.3. The molecule has 0 aliphatic carbocycles. The van der Waals surface area contributed by atoms with Crippen LogP contribution < -0.4 is 4.74 Å². The van der Waals surface area contributed by atoms with Gasteiger partial charge in [0, 0.05) is 11.6 Å².